The van der Waals surface area contributed by atoms with E-state index < -0.39 is 0 Å². The number of fused-ring (bicyclic) bond motifs is 1. The maximum absolute atomic E-state index is 12.4. The summed E-state index contributed by atoms with van der Waals surface area (Å²) in [5.74, 6) is 1.55. The molecule has 0 spiro atoms. The number of aromatic nitrogens is 1. The van der Waals surface area contributed by atoms with Gasteiger partial charge < -0.3 is 14.4 Å². The molecule has 5 nitrogen and oxygen atoms in total. The lowest BCUT2D eigenvalue weighted by Gasteiger charge is -2.38. The molecule has 4 rings (SSSR count). The third-order valence-corrected chi connectivity index (χ3v) is 4.65. The predicted molar refractivity (Wildman–Crippen MR) is 104 cm³/mol. The molecular weight excluding hydrogens is 340 g/mol. The van der Waals surface area contributed by atoms with Gasteiger partial charge in [0.15, 0.2) is 0 Å². The summed E-state index contributed by atoms with van der Waals surface area (Å²) in [6, 6.07) is 19.5. The molecule has 2 aromatic carbocycles. The van der Waals surface area contributed by atoms with Crippen LogP contribution in [0.25, 0.3) is 10.9 Å². The second-order valence-corrected chi connectivity index (χ2v) is 6.63. The average molecular weight is 362 g/mol. The highest BCUT2D eigenvalue weighted by Gasteiger charge is 2.32. The van der Waals surface area contributed by atoms with E-state index >= 15 is 0 Å². The van der Waals surface area contributed by atoms with E-state index in [4.69, 9.17) is 9.47 Å². The fourth-order valence-electron chi connectivity index (χ4n) is 3.16. The number of carbonyl (C=O) groups is 1. The van der Waals surface area contributed by atoms with Crippen LogP contribution in [0.4, 0.5) is 0 Å². The highest BCUT2D eigenvalue weighted by Crippen LogP contribution is 2.21. The number of hydrogen-bond donors (Lipinski definition) is 0. The minimum atomic E-state index is 0.00272. The van der Waals surface area contributed by atoms with Crippen LogP contribution in [0.2, 0.25) is 0 Å². The summed E-state index contributed by atoms with van der Waals surface area (Å²) in [6.45, 7) is 3.79. The van der Waals surface area contributed by atoms with E-state index in [-0.39, 0.29) is 12.0 Å². The monoisotopic (exact) mass is 362 g/mol. The zero-order valence-corrected chi connectivity index (χ0v) is 15.3. The number of rotatable bonds is 6. The molecule has 0 radical (unpaired) electrons. The number of amides is 1. The minimum Gasteiger partial charge on any atom is -0.494 e. The van der Waals surface area contributed by atoms with Crippen LogP contribution in [0.15, 0.2) is 60.7 Å². The first-order valence-corrected chi connectivity index (χ1v) is 9.23. The number of nitrogens with zero attached hydrogens (tertiary/aromatic N) is 2. The Hall–Kier alpha value is -3.08. The van der Waals surface area contributed by atoms with E-state index in [0.717, 1.165) is 22.2 Å². The summed E-state index contributed by atoms with van der Waals surface area (Å²) in [6.07, 6.45) is 0.399. The van der Waals surface area contributed by atoms with Gasteiger partial charge in [-0.05, 0) is 36.8 Å². The van der Waals surface area contributed by atoms with Crippen molar-refractivity contribution in [3.63, 3.8) is 0 Å². The van der Waals surface area contributed by atoms with Crippen molar-refractivity contribution in [1.29, 1.82) is 0 Å². The first-order valence-electron chi connectivity index (χ1n) is 9.23. The molecule has 1 amide bonds. The quantitative estimate of drug-likeness (QED) is 0.674. The average Bonchev–Trinajstić information content (AvgIpc) is 2.66. The molecule has 0 saturated carbocycles. The normalized spacial score (nSPS) is 14.0. The van der Waals surface area contributed by atoms with Crippen LogP contribution < -0.4 is 9.47 Å². The van der Waals surface area contributed by atoms with Gasteiger partial charge in [-0.3, -0.25) is 4.79 Å². The van der Waals surface area contributed by atoms with Gasteiger partial charge >= 0.3 is 0 Å². The number of carbonyl (C=O) groups excluding carboxylic acids is 1. The maximum atomic E-state index is 12.4. The van der Waals surface area contributed by atoms with E-state index in [1.165, 1.54) is 0 Å². The largest absolute Gasteiger partial charge is 0.494 e. The third-order valence-electron chi connectivity index (χ3n) is 4.65. The van der Waals surface area contributed by atoms with Crippen molar-refractivity contribution in [3.05, 3.63) is 66.2 Å². The van der Waals surface area contributed by atoms with Gasteiger partial charge in [-0.2, -0.15) is 0 Å². The zero-order chi connectivity index (χ0) is 18.6. The molecule has 0 bridgehead atoms. The second kappa shape index (κ2) is 7.66. The topological polar surface area (TPSA) is 51.7 Å². The lowest BCUT2D eigenvalue weighted by molar-refractivity contribution is -0.139. The van der Waals surface area contributed by atoms with Crippen molar-refractivity contribution in [2.24, 2.45) is 0 Å². The van der Waals surface area contributed by atoms with Gasteiger partial charge in [0.2, 0.25) is 11.8 Å². The fraction of sp³-hybridized carbons (Fsp3) is 0.273. The van der Waals surface area contributed by atoms with Crippen molar-refractivity contribution in [2.75, 3.05) is 19.7 Å². The molecule has 2 heterocycles. The Morgan fingerprint density at radius 2 is 1.85 bits per heavy atom. The molecule has 1 aliphatic rings. The molecule has 138 valence electrons. The van der Waals surface area contributed by atoms with Crippen LogP contribution in [-0.2, 0) is 11.2 Å². The Kier molecular flexibility index (Phi) is 4.92. The van der Waals surface area contributed by atoms with Crippen molar-refractivity contribution in [1.82, 2.24) is 9.88 Å². The molecule has 1 fully saturated rings. The maximum Gasteiger partial charge on any atom is 0.227 e. The van der Waals surface area contributed by atoms with Gasteiger partial charge in [-0.1, -0.05) is 30.3 Å². The third kappa shape index (κ3) is 4.03. The van der Waals surface area contributed by atoms with Gasteiger partial charge in [0, 0.05) is 11.5 Å². The smallest absolute Gasteiger partial charge is 0.227 e. The number of pyridine rings is 1. The molecule has 0 atom stereocenters. The van der Waals surface area contributed by atoms with Crippen molar-refractivity contribution >= 4 is 16.8 Å². The molecule has 0 unspecified atom stereocenters. The lowest BCUT2D eigenvalue weighted by Crippen LogP contribution is -2.56. The summed E-state index contributed by atoms with van der Waals surface area (Å²) >= 11 is 0. The second-order valence-electron chi connectivity index (χ2n) is 6.63. The Morgan fingerprint density at radius 3 is 2.63 bits per heavy atom. The summed E-state index contributed by atoms with van der Waals surface area (Å²) in [5, 5.41) is 1.09. The van der Waals surface area contributed by atoms with Gasteiger partial charge in [-0.15, -0.1) is 0 Å². The summed E-state index contributed by atoms with van der Waals surface area (Å²) in [7, 11) is 0. The Balaban J connectivity index is 1.28. The zero-order valence-electron chi connectivity index (χ0n) is 15.3. The predicted octanol–water partition coefficient (Wildman–Crippen LogP) is 3.47. The summed E-state index contributed by atoms with van der Waals surface area (Å²) in [4.78, 5) is 18.7. The number of ether oxygens (including phenoxy) is 2. The number of hydrogen-bond acceptors (Lipinski definition) is 4. The molecule has 3 aromatic rings. The number of para-hydroxylation sites is 1. The van der Waals surface area contributed by atoms with Crippen LogP contribution in [0, 0.1) is 0 Å². The Morgan fingerprint density at radius 1 is 1.07 bits per heavy atom. The first-order chi connectivity index (χ1) is 13.2. The summed E-state index contributed by atoms with van der Waals surface area (Å²) < 4.78 is 11.3. The Bertz CT molecular complexity index is 934. The van der Waals surface area contributed by atoms with Gasteiger partial charge in [0.05, 0.1) is 31.6 Å². The standard InChI is InChI=1S/C22H22N2O3/c1-2-26-18-10-7-16(8-11-18)13-22(25)24-14-19(15-24)27-21-12-9-17-5-3-4-6-20(17)23-21/h3-12,19H,2,13-15H2,1H3. The van der Waals surface area contributed by atoms with E-state index in [2.05, 4.69) is 4.98 Å². The first kappa shape index (κ1) is 17.3. The lowest BCUT2D eigenvalue weighted by atomic mass is 10.1. The minimum absolute atomic E-state index is 0.00272. The number of benzene rings is 2. The molecule has 1 aromatic heterocycles. The Labute approximate surface area is 158 Å². The highest BCUT2D eigenvalue weighted by atomic mass is 16.5. The van der Waals surface area contributed by atoms with Gasteiger partial charge in [-0.25, -0.2) is 4.98 Å². The van der Waals surface area contributed by atoms with Crippen LogP contribution >= 0.6 is 0 Å². The van der Waals surface area contributed by atoms with Crippen molar-refractivity contribution < 1.29 is 14.3 Å². The molecule has 0 aliphatic carbocycles. The van der Waals surface area contributed by atoms with Crippen molar-refractivity contribution in [3.8, 4) is 11.6 Å². The van der Waals surface area contributed by atoms with E-state index in [9.17, 15) is 4.79 Å². The highest BCUT2D eigenvalue weighted by molar-refractivity contribution is 5.80. The van der Waals surface area contributed by atoms with Crippen molar-refractivity contribution in [2.45, 2.75) is 19.4 Å². The van der Waals surface area contributed by atoms with E-state index in [1.807, 2.05) is 72.5 Å². The van der Waals surface area contributed by atoms with Crippen LogP contribution in [0.1, 0.15) is 12.5 Å². The fourth-order valence-corrected chi connectivity index (χ4v) is 3.16. The van der Waals surface area contributed by atoms with E-state index in [1.54, 1.807) is 0 Å². The van der Waals surface area contributed by atoms with Crippen LogP contribution in [0.3, 0.4) is 0 Å². The van der Waals surface area contributed by atoms with Crippen LogP contribution in [-0.4, -0.2) is 41.6 Å². The molecule has 27 heavy (non-hydrogen) atoms. The summed E-state index contributed by atoms with van der Waals surface area (Å²) in [5.41, 5.74) is 1.90. The molecular formula is C22H22N2O3. The van der Waals surface area contributed by atoms with E-state index in [0.29, 0.717) is 32.0 Å². The van der Waals surface area contributed by atoms with Gasteiger partial charge in [0.25, 0.3) is 0 Å². The van der Waals surface area contributed by atoms with Gasteiger partial charge in [0.1, 0.15) is 11.9 Å². The molecule has 1 aliphatic heterocycles. The molecule has 0 N–H and O–H groups in total. The number of likely N-dealkylation sites (tertiary alicyclic amines) is 1. The SMILES string of the molecule is CCOc1ccc(CC(=O)N2CC(Oc3ccc4ccccc4n3)C2)cc1. The molecule has 5 heteroatoms. The van der Waals surface area contributed by atoms with Crippen LogP contribution in [0.5, 0.6) is 11.6 Å². The molecule has 1 saturated heterocycles.